The van der Waals surface area contributed by atoms with Gasteiger partial charge in [0.05, 0.1) is 0 Å². The van der Waals surface area contributed by atoms with Gasteiger partial charge in [0, 0.05) is 49.4 Å². The minimum Gasteiger partial charge on any atom is -0.381 e. The summed E-state index contributed by atoms with van der Waals surface area (Å²) >= 11 is 0. The van der Waals surface area contributed by atoms with Gasteiger partial charge in [-0.05, 0) is 48.9 Å². The van der Waals surface area contributed by atoms with Gasteiger partial charge in [-0.25, -0.2) is 14.3 Å². The minimum absolute atomic E-state index is 0.0635. The minimum atomic E-state index is -3.35. The lowest BCUT2D eigenvalue weighted by molar-refractivity contribution is -0.149. The molecule has 0 saturated carbocycles. The maximum Gasteiger partial charge on any atom is 0.269 e. The number of rotatable bonds is 7. The molecule has 35 heavy (non-hydrogen) atoms. The van der Waals surface area contributed by atoms with Crippen molar-refractivity contribution in [1.82, 2.24) is 21.0 Å². The monoisotopic (exact) mass is 486 g/mol. The van der Waals surface area contributed by atoms with Crippen molar-refractivity contribution in [2.45, 2.75) is 31.5 Å². The number of nitrogens with zero attached hydrogens (tertiary/aromatic N) is 1. The molecule has 0 spiro atoms. The van der Waals surface area contributed by atoms with Crippen LogP contribution in [0, 0.1) is 11.8 Å². The van der Waals surface area contributed by atoms with E-state index in [1.54, 1.807) is 12.1 Å². The fraction of sp³-hybridized carbons (Fsp3) is 0.360. The molecule has 2 aromatic carbocycles. The lowest BCUT2D eigenvalue weighted by Gasteiger charge is -2.30. The molecule has 0 aliphatic carbocycles. The number of amides is 2. The van der Waals surface area contributed by atoms with Gasteiger partial charge >= 0.3 is 0 Å². The van der Waals surface area contributed by atoms with Crippen molar-refractivity contribution in [2.75, 3.05) is 26.2 Å². The second kappa shape index (κ2) is 11.9. The first-order valence-electron chi connectivity index (χ1n) is 11.1. The van der Waals surface area contributed by atoms with E-state index in [0.717, 1.165) is 38.3 Å². The predicted octanol–water partition coefficient (Wildman–Crippen LogP) is 1.11. The molecule has 10 heteroatoms. The number of halogens is 2. The zero-order valence-electron chi connectivity index (χ0n) is 19.2. The van der Waals surface area contributed by atoms with E-state index >= 15 is 0 Å². The van der Waals surface area contributed by atoms with Crippen molar-refractivity contribution < 1.29 is 28.7 Å². The van der Waals surface area contributed by atoms with Gasteiger partial charge in [0.1, 0.15) is 6.04 Å². The second-order valence-electron chi connectivity index (χ2n) is 8.46. The Balaban J connectivity index is 1.62. The molecule has 0 bridgehead atoms. The van der Waals surface area contributed by atoms with Crippen molar-refractivity contribution in [3.8, 4) is 11.8 Å². The lowest BCUT2D eigenvalue weighted by atomic mass is 9.95. The van der Waals surface area contributed by atoms with Crippen molar-refractivity contribution in [1.29, 1.82) is 0 Å². The van der Waals surface area contributed by atoms with E-state index in [0.29, 0.717) is 12.5 Å². The van der Waals surface area contributed by atoms with E-state index in [4.69, 9.17) is 5.21 Å². The van der Waals surface area contributed by atoms with Gasteiger partial charge in [0.15, 0.2) is 5.60 Å². The zero-order valence-corrected chi connectivity index (χ0v) is 19.2. The van der Waals surface area contributed by atoms with Crippen LogP contribution in [0.4, 0.5) is 8.78 Å². The molecule has 3 rings (SSSR count). The summed E-state index contributed by atoms with van der Waals surface area (Å²) in [6, 6.07) is 11.9. The van der Waals surface area contributed by atoms with Crippen molar-refractivity contribution in [3.05, 3.63) is 70.8 Å². The van der Waals surface area contributed by atoms with Gasteiger partial charge in [-0.2, -0.15) is 0 Å². The van der Waals surface area contributed by atoms with Crippen LogP contribution in [0.2, 0.25) is 0 Å². The Labute approximate surface area is 202 Å². The van der Waals surface area contributed by atoms with E-state index in [1.807, 2.05) is 29.6 Å². The molecular formula is C25H28F2N4O4. The van der Waals surface area contributed by atoms with E-state index in [-0.39, 0.29) is 5.56 Å². The molecular weight excluding hydrogens is 458 g/mol. The third kappa shape index (κ3) is 7.07. The highest BCUT2D eigenvalue weighted by Gasteiger charge is 2.46. The maximum atomic E-state index is 13.1. The van der Waals surface area contributed by atoms with Gasteiger partial charge in [-0.3, -0.25) is 19.7 Å². The Morgan fingerprint density at radius 1 is 1.06 bits per heavy atom. The number of alkyl halides is 2. The Hall–Kier alpha value is -3.36. The third-order valence-corrected chi connectivity index (χ3v) is 5.74. The topological polar surface area (TPSA) is 114 Å². The fourth-order valence-electron chi connectivity index (χ4n) is 3.55. The molecule has 1 aliphatic heterocycles. The molecule has 1 heterocycles. The summed E-state index contributed by atoms with van der Waals surface area (Å²) in [4.78, 5) is 26.6. The van der Waals surface area contributed by atoms with Gasteiger partial charge in [-0.1, -0.05) is 24.0 Å². The smallest absolute Gasteiger partial charge is 0.269 e. The number of nitrogens with one attached hydrogen (secondary N) is 3. The first kappa shape index (κ1) is 26.2. The first-order chi connectivity index (χ1) is 16.7. The number of piperazine rings is 1. The van der Waals surface area contributed by atoms with Crippen LogP contribution >= 0.6 is 0 Å². The number of carbonyl (C=O) groups excluding carboxylic acids is 2. The van der Waals surface area contributed by atoms with Crippen molar-refractivity contribution in [3.63, 3.8) is 0 Å². The summed E-state index contributed by atoms with van der Waals surface area (Å²) in [5.41, 5.74) is 1.02. The summed E-state index contributed by atoms with van der Waals surface area (Å²) in [5.74, 6) is 3.81. The molecule has 5 N–H and O–H groups in total. The standard InChI is InChI=1S/C25H28F2N4O4/c1-25(34,24(26)27)21(23(33)30-35)29-22(32)20-10-8-18(9-11-20)3-2-17-4-6-19(7-5-17)16-31-14-12-28-13-15-31/h4-11,21,24,28,34-35H,12-16H2,1H3,(H,29,32)(H,30,33)/t21-,25+/m1/s1. The molecule has 2 aromatic rings. The Morgan fingerprint density at radius 2 is 1.60 bits per heavy atom. The Morgan fingerprint density at radius 3 is 2.11 bits per heavy atom. The average molecular weight is 487 g/mol. The van der Waals surface area contributed by atoms with Crippen molar-refractivity contribution >= 4 is 11.8 Å². The molecule has 2 atom stereocenters. The van der Waals surface area contributed by atoms with Crippen LogP contribution in [0.15, 0.2) is 48.5 Å². The molecule has 0 aromatic heterocycles. The van der Waals surface area contributed by atoms with Crippen LogP contribution in [-0.4, -0.2) is 71.3 Å². The molecule has 186 valence electrons. The summed E-state index contributed by atoms with van der Waals surface area (Å²) in [5, 5.41) is 24.1. The van der Waals surface area contributed by atoms with E-state index < -0.39 is 29.9 Å². The number of aliphatic hydroxyl groups is 1. The predicted molar refractivity (Wildman–Crippen MR) is 125 cm³/mol. The summed E-state index contributed by atoms with van der Waals surface area (Å²) in [6.07, 6.45) is -3.35. The Kier molecular flexibility index (Phi) is 8.89. The summed E-state index contributed by atoms with van der Waals surface area (Å²) in [7, 11) is 0. The molecule has 1 aliphatic rings. The highest BCUT2D eigenvalue weighted by Crippen LogP contribution is 2.20. The normalized spacial score (nSPS) is 16.5. The molecule has 8 nitrogen and oxygen atoms in total. The van der Waals surface area contributed by atoms with Crippen molar-refractivity contribution in [2.24, 2.45) is 0 Å². The quantitative estimate of drug-likeness (QED) is 0.228. The SMILES string of the molecule is C[C@@](O)(C(F)F)[C@H](NC(=O)c1ccc(C#Cc2ccc(CN3CCNCC3)cc2)cc1)C(=O)NO. The van der Waals surface area contributed by atoms with Gasteiger partial charge < -0.3 is 15.7 Å². The molecule has 0 radical (unpaired) electrons. The number of hydrogen-bond donors (Lipinski definition) is 5. The zero-order chi connectivity index (χ0) is 25.4. The van der Waals surface area contributed by atoms with Crippen LogP contribution in [0.3, 0.4) is 0 Å². The number of benzene rings is 2. The largest absolute Gasteiger partial charge is 0.381 e. The fourth-order valence-corrected chi connectivity index (χ4v) is 3.55. The van der Waals surface area contributed by atoms with Crippen LogP contribution in [0.5, 0.6) is 0 Å². The highest BCUT2D eigenvalue weighted by molar-refractivity contribution is 5.97. The second-order valence-corrected chi connectivity index (χ2v) is 8.46. The molecule has 2 amide bonds. The molecule has 0 unspecified atom stereocenters. The summed E-state index contributed by atoms with van der Waals surface area (Å²) < 4.78 is 26.3. The highest BCUT2D eigenvalue weighted by atomic mass is 19.3. The van der Waals surface area contributed by atoms with E-state index in [2.05, 4.69) is 22.1 Å². The third-order valence-electron chi connectivity index (χ3n) is 5.74. The maximum absolute atomic E-state index is 13.1. The molecule has 1 saturated heterocycles. The number of carbonyl (C=O) groups is 2. The number of hydrogen-bond acceptors (Lipinski definition) is 6. The molecule has 1 fully saturated rings. The van der Waals surface area contributed by atoms with E-state index in [1.165, 1.54) is 23.2 Å². The van der Waals surface area contributed by atoms with Gasteiger partial charge in [0.2, 0.25) is 0 Å². The summed E-state index contributed by atoms with van der Waals surface area (Å²) in [6.45, 7) is 5.63. The van der Waals surface area contributed by atoms with Crippen LogP contribution < -0.4 is 16.1 Å². The van der Waals surface area contributed by atoms with Crippen LogP contribution in [0.1, 0.15) is 34.0 Å². The Bertz CT molecular complexity index is 1070. The van der Waals surface area contributed by atoms with Gasteiger partial charge in [0.25, 0.3) is 18.2 Å². The van der Waals surface area contributed by atoms with Gasteiger partial charge in [-0.15, -0.1) is 0 Å². The lowest BCUT2D eigenvalue weighted by Crippen LogP contribution is -2.61. The number of hydroxylamine groups is 1. The van der Waals surface area contributed by atoms with Crippen LogP contribution in [-0.2, 0) is 11.3 Å². The van der Waals surface area contributed by atoms with E-state index in [9.17, 15) is 23.5 Å². The van der Waals surface area contributed by atoms with Crippen LogP contribution in [0.25, 0.3) is 0 Å². The first-order valence-corrected chi connectivity index (χ1v) is 11.1. The average Bonchev–Trinajstić information content (AvgIpc) is 2.87.